The van der Waals surface area contributed by atoms with Crippen LogP contribution >= 0.6 is 15.9 Å². The van der Waals surface area contributed by atoms with Crippen molar-refractivity contribution in [1.29, 1.82) is 0 Å². The lowest BCUT2D eigenvalue weighted by Gasteiger charge is -2.08. The van der Waals surface area contributed by atoms with Gasteiger partial charge in [-0.2, -0.15) is 0 Å². The van der Waals surface area contributed by atoms with Crippen LogP contribution in [0.1, 0.15) is 11.1 Å². The lowest BCUT2D eigenvalue weighted by molar-refractivity contribution is 0.414. The van der Waals surface area contributed by atoms with Crippen LogP contribution in [0.5, 0.6) is 0 Å². The Morgan fingerprint density at radius 2 is 1.76 bits per heavy atom. The average molecular weight is 421 g/mol. The molecular weight excluding hydrogens is 400 g/mol. The highest BCUT2D eigenvalue weighted by molar-refractivity contribution is 9.10. The zero-order chi connectivity index (χ0) is 18.2. The van der Waals surface area contributed by atoms with Crippen molar-refractivity contribution in [2.45, 2.75) is 18.2 Å². The fourth-order valence-corrected chi connectivity index (χ4v) is 4.56. The Morgan fingerprint density at radius 1 is 1.08 bits per heavy atom. The molecule has 2 aromatic carbocycles. The molecule has 0 atom stereocenters. The van der Waals surface area contributed by atoms with Gasteiger partial charge in [0.1, 0.15) is 0 Å². The summed E-state index contributed by atoms with van der Waals surface area (Å²) in [5, 5.41) is 0.965. The molecule has 0 aliphatic rings. The maximum absolute atomic E-state index is 13.1. The summed E-state index contributed by atoms with van der Waals surface area (Å²) in [5.41, 5.74) is 2.77. The van der Waals surface area contributed by atoms with Crippen LogP contribution in [-0.4, -0.2) is 37.9 Å². The third-order valence-electron chi connectivity index (χ3n) is 4.22. The van der Waals surface area contributed by atoms with E-state index in [1.165, 1.54) is 3.97 Å². The van der Waals surface area contributed by atoms with Gasteiger partial charge in [0.25, 0.3) is 10.0 Å². The molecule has 0 spiro atoms. The topological polar surface area (TPSA) is 42.3 Å². The molecule has 0 aliphatic carbocycles. The van der Waals surface area contributed by atoms with Gasteiger partial charge >= 0.3 is 0 Å². The Labute approximate surface area is 157 Å². The Balaban J connectivity index is 2.17. The zero-order valence-corrected chi connectivity index (χ0v) is 16.9. The highest BCUT2D eigenvalue weighted by atomic mass is 79.9. The summed E-state index contributed by atoms with van der Waals surface area (Å²) >= 11 is 3.49. The molecule has 4 nitrogen and oxygen atoms in total. The van der Waals surface area contributed by atoms with Crippen molar-refractivity contribution < 1.29 is 8.42 Å². The molecule has 0 radical (unpaired) electrons. The van der Waals surface area contributed by atoms with E-state index in [2.05, 4.69) is 20.8 Å². The normalized spacial score (nSPS) is 12.2. The van der Waals surface area contributed by atoms with Crippen molar-refractivity contribution in [3.8, 4) is 0 Å². The molecule has 0 N–H and O–H groups in total. The number of fused-ring (bicyclic) bond motifs is 1. The van der Waals surface area contributed by atoms with E-state index in [9.17, 15) is 8.42 Å². The summed E-state index contributed by atoms with van der Waals surface area (Å²) in [5.74, 6) is 0. The van der Waals surface area contributed by atoms with Gasteiger partial charge in [-0.15, -0.1) is 0 Å². The van der Waals surface area contributed by atoms with E-state index < -0.39 is 10.0 Å². The molecule has 0 aliphatic heterocycles. The molecule has 0 bridgehead atoms. The molecule has 25 heavy (non-hydrogen) atoms. The van der Waals surface area contributed by atoms with Crippen LogP contribution in [-0.2, 0) is 16.4 Å². The molecule has 3 rings (SSSR count). The molecule has 0 amide bonds. The van der Waals surface area contributed by atoms with E-state index in [0.717, 1.165) is 34.0 Å². The van der Waals surface area contributed by atoms with Crippen molar-refractivity contribution in [2.24, 2.45) is 0 Å². The van der Waals surface area contributed by atoms with Gasteiger partial charge in [-0.3, -0.25) is 0 Å². The second kappa shape index (κ2) is 6.94. The molecule has 132 valence electrons. The Morgan fingerprint density at radius 3 is 2.40 bits per heavy atom. The largest absolute Gasteiger partial charge is 0.309 e. The molecule has 6 heteroatoms. The lowest BCUT2D eigenvalue weighted by Crippen LogP contribution is -2.15. The first-order chi connectivity index (χ1) is 11.8. The van der Waals surface area contributed by atoms with Gasteiger partial charge in [-0.05, 0) is 63.3 Å². The highest BCUT2D eigenvalue weighted by Crippen LogP contribution is 2.29. The maximum atomic E-state index is 13.1. The molecule has 0 saturated carbocycles. The first-order valence-electron chi connectivity index (χ1n) is 8.05. The quantitative estimate of drug-likeness (QED) is 0.624. The van der Waals surface area contributed by atoms with Gasteiger partial charge in [-0.1, -0.05) is 33.6 Å². The molecule has 0 fully saturated rings. The Bertz CT molecular complexity index is 1010. The maximum Gasteiger partial charge on any atom is 0.268 e. The molecule has 1 heterocycles. The minimum absolute atomic E-state index is 0.303. The van der Waals surface area contributed by atoms with Crippen molar-refractivity contribution in [3.05, 3.63) is 64.3 Å². The van der Waals surface area contributed by atoms with Crippen LogP contribution in [0.15, 0.2) is 58.0 Å². The fraction of sp³-hybridized carbons (Fsp3) is 0.263. The summed E-state index contributed by atoms with van der Waals surface area (Å²) in [7, 11) is 0.399. The van der Waals surface area contributed by atoms with Crippen molar-refractivity contribution >= 4 is 36.9 Å². The Hall–Kier alpha value is -1.63. The second-order valence-corrected chi connectivity index (χ2v) is 9.21. The summed E-state index contributed by atoms with van der Waals surface area (Å²) in [6, 6.07) is 12.7. The van der Waals surface area contributed by atoms with Crippen LogP contribution in [0.25, 0.3) is 10.9 Å². The molecular formula is C19H21BrN2O2S. The zero-order valence-electron chi connectivity index (χ0n) is 14.5. The minimum atomic E-state index is -3.63. The number of hydrogen-bond acceptors (Lipinski definition) is 3. The predicted molar refractivity (Wildman–Crippen MR) is 106 cm³/mol. The number of rotatable bonds is 5. The van der Waals surface area contributed by atoms with Crippen LogP contribution in [0.4, 0.5) is 0 Å². The number of halogens is 1. The molecule has 3 aromatic rings. The summed E-state index contributed by atoms with van der Waals surface area (Å²) in [6.45, 7) is 2.80. The fourth-order valence-electron chi connectivity index (χ4n) is 2.80. The number of aromatic nitrogens is 1. The first kappa shape index (κ1) is 18.2. The third kappa shape index (κ3) is 3.66. The van der Waals surface area contributed by atoms with Crippen molar-refractivity contribution in [1.82, 2.24) is 8.87 Å². The van der Waals surface area contributed by atoms with Crippen LogP contribution in [0, 0.1) is 6.92 Å². The van der Waals surface area contributed by atoms with Gasteiger partial charge in [-0.25, -0.2) is 12.4 Å². The van der Waals surface area contributed by atoms with Gasteiger partial charge < -0.3 is 4.90 Å². The molecule has 1 aromatic heterocycles. The SMILES string of the molecule is Cc1ccc(S(=O)(=O)n2cc(CCN(C)C)c3cc(Br)ccc32)cc1. The van der Waals surface area contributed by atoms with Gasteiger partial charge in [0.15, 0.2) is 0 Å². The minimum Gasteiger partial charge on any atom is -0.309 e. The predicted octanol–water partition coefficient (Wildman–Crippen LogP) is 4.05. The van der Waals surface area contributed by atoms with Gasteiger partial charge in [0.05, 0.1) is 10.4 Å². The average Bonchev–Trinajstić information content (AvgIpc) is 2.92. The van der Waals surface area contributed by atoms with E-state index in [1.807, 2.05) is 51.4 Å². The third-order valence-corrected chi connectivity index (χ3v) is 6.40. The second-order valence-electron chi connectivity index (χ2n) is 6.48. The number of hydrogen-bond donors (Lipinski definition) is 0. The van der Waals surface area contributed by atoms with E-state index in [0.29, 0.717) is 10.4 Å². The standard InChI is InChI=1S/C19H21BrN2O2S/c1-14-4-7-17(8-5-14)25(23,24)22-13-15(10-11-21(2)3)18-12-16(20)6-9-19(18)22/h4-9,12-13H,10-11H2,1-3H3. The van der Waals surface area contributed by atoms with Gasteiger partial charge in [0.2, 0.25) is 0 Å². The smallest absolute Gasteiger partial charge is 0.268 e. The monoisotopic (exact) mass is 420 g/mol. The highest BCUT2D eigenvalue weighted by Gasteiger charge is 2.21. The first-order valence-corrected chi connectivity index (χ1v) is 10.3. The molecule has 0 saturated heterocycles. The molecule has 0 unspecified atom stereocenters. The van der Waals surface area contributed by atoms with Crippen LogP contribution in [0.2, 0.25) is 0 Å². The Kier molecular flexibility index (Phi) is 5.04. The van der Waals surface area contributed by atoms with Crippen molar-refractivity contribution in [3.63, 3.8) is 0 Å². The number of benzene rings is 2. The summed E-state index contributed by atoms with van der Waals surface area (Å²) in [4.78, 5) is 2.40. The summed E-state index contributed by atoms with van der Waals surface area (Å²) < 4.78 is 28.6. The van der Waals surface area contributed by atoms with Gasteiger partial charge in [0, 0.05) is 22.6 Å². The van der Waals surface area contributed by atoms with E-state index >= 15 is 0 Å². The number of aryl methyl sites for hydroxylation is 1. The number of nitrogens with zero attached hydrogens (tertiary/aromatic N) is 2. The van der Waals surface area contributed by atoms with Crippen LogP contribution in [0.3, 0.4) is 0 Å². The van der Waals surface area contributed by atoms with E-state index in [1.54, 1.807) is 18.3 Å². The van der Waals surface area contributed by atoms with Crippen molar-refractivity contribution in [2.75, 3.05) is 20.6 Å². The van der Waals surface area contributed by atoms with Crippen LogP contribution < -0.4 is 0 Å². The number of likely N-dealkylation sites (N-methyl/N-ethyl adjacent to an activating group) is 1. The van der Waals surface area contributed by atoms with E-state index in [4.69, 9.17) is 0 Å². The summed E-state index contributed by atoms with van der Waals surface area (Å²) in [6.07, 6.45) is 2.55. The lowest BCUT2D eigenvalue weighted by atomic mass is 10.1. The van der Waals surface area contributed by atoms with E-state index in [-0.39, 0.29) is 0 Å².